The van der Waals surface area contributed by atoms with Crippen molar-refractivity contribution in [2.75, 3.05) is 5.32 Å². The summed E-state index contributed by atoms with van der Waals surface area (Å²) in [4.78, 5) is 11.0. The Hall–Kier alpha value is -2.53. The molecule has 2 atom stereocenters. The van der Waals surface area contributed by atoms with Gasteiger partial charge in [-0.1, -0.05) is 42.5 Å². The van der Waals surface area contributed by atoms with Gasteiger partial charge in [0.1, 0.15) is 0 Å². The predicted octanol–water partition coefficient (Wildman–Crippen LogP) is 2.52. The van der Waals surface area contributed by atoms with Gasteiger partial charge in [0.05, 0.1) is 18.7 Å². The van der Waals surface area contributed by atoms with Crippen LogP contribution >= 0.6 is 0 Å². The average molecular weight is 298 g/mol. The van der Waals surface area contributed by atoms with Crippen molar-refractivity contribution in [1.82, 2.24) is 5.32 Å². The standard InChI is InChI=1S/C17H18N2O3/c20-10-12-6-2-4-8-14(12)18-16-13-7-3-1-5-11(13)9-15(16)19-17(21)22/h1-8,15-16,18-20H,9-10H2,(H,21,22)/t15-,16-/m1/s1. The van der Waals surface area contributed by atoms with Crippen LogP contribution in [0.5, 0.6) is 0 Å². The lowest BCUT2D eigenvalue weighted by Gasteiger charge is -2.24. The summed E-state index contributed by atoms with van der Waals surface area (Å²) in [7, 11) is 0. The highest BCUT2D eigenvalue weighted by Crippen LogP contribution is 2.35. The Balaban J connectivity index is 1.92. The fourth-order valence-electron chi connectivity index (χ4n) is 3.03. The number of aliphatic hydroxyl groups is 1. The van der Waals surface area contributed by atoms with Crippen LogP contribution in [0.15, 0.2) is 48.5 Å². The second kappa shape index (κ2) is 6.07. The SMILES string of the molecule is O=C(O)N[C@@H]1Cc2ccccc2[C@H]1Nc1ccccc1CO. The van der Waals surface area contributed by atoms with Crippen LogP contribution in [0.4, 0.5) is 10.5 Å². The van der Waals surface area contributed by atoms with Gasteiger partial charge in [-0.2, -0.15) is 0 Å². The number of fused-ring (bicyclic) bond motifs is 1. The molecule has 1 amide bonds. The molecule has 0 saturated heterocycles. The zero-order valence-corrected chi connectivity index (χ0v) is 12.0. The monoisotopic (exact) mass is 298 g/mol. The Morgan fingerprint density at radius 1 is 1.14 bits per heavy atom. The molecule has 3 rings (SSSR count). The Labute approximate surface area is 128 Å². The van der Waals surface area contributed by atoms with Crippen LogP contribution < -0.4 is 10.6 Å². The molecule has 0 aliphatic heterocycles. The van der Waals surface area contributed by atoms with Crippen molar-refractivity contribution in [3.8, 4) is 0 Å². The second-order valence-corrected chi connectivity index (χ2v) is 5.40. The number of carbonyl (C=O) groups is 1. The van der Waals surface area contributed by atoms with Crippen molar-refractivity contribution in [3.63, 3.8) is 0 Å². The number of anilines is 1. The van der Waals surface area contributed by atoms with E-state index in [-0.39, 0.29) is 18.7 Å². The van der Waals surface area contributed by atoms with Crippen molar-refractivity contribution in [2.24, 2.45) is 0 Å². The summed E-state index contributed by atoms with van der Waals surface area (Å²) >= 11 is 0. The molecule has 4 N–H and O–H groups in total. The molecule has 0 heterocycles. The van der Waals surface area contributed by atoms with E-state index in [9.17, 15) is 9.90 Å². The highest BCUT2D eigenvalue weighted by molar-refractivity contribution is 5.66. The van der Waals surface area contributed by atoms with Crippen LogP contribution in [0.2, 0.25) is 0 Å². The molecular formula is C17H18N2O3. The zero-order valence-electron chi connectivity index (χ0n) is 12.0. The summed E-state index contributed by atoms with van der Waals surface area (Å²) < 4.78 is 0. The highest BCUT2D eigenvalue weighted by atomic mass is 16.4. The Bertz CT molecular complexity index is 687. The molecule has 22 heavy (non-hydrogen) atoms. The molecule has 0 spiro atoms. The minimum absolute atomic E-state index is 0.0609. The van der Waals surface area contributed by atoms with Crippen LogP contribution in [0, 0.1) is 0 Å². The number of aliphatic hydroxyl groups excluding tert-OH is 1. The maximum Gasteiger partial charge on any atom is 0.404 e. The van der Waals surface area contributed by atoms with Crippen molar-refractivity contribution in [1.29, 1.82) is 0 Å². The largest absolute Gasteiger partial charge is 0.465 e. The Morgan fingerprint density at radius 2 is 1.86 bits per heavy atom. The van der Waals surface area contributed by atoms with E-state index in [1.165, 1.54) is 0 Å². The van der Waals surface area contributed by atoms with Crippen LogP contribution in [0.25, 0.3) is 0 Å². The Morgan fingerprint density at radius 3 is 2.64 bits per heavy atom. The number of nitrogens with one attached hydrogen (secondary N) is 2. The van der Waals surface area contributed by atoms with Crippen molar-refractivity contribution >= 4 is 11.8 Å². The van der Waals surface area contributed by atoms with Gasteiger partial charge in [0.2, 0.25) is 0 Å². The number of carboxylic acid groups (broad SMARTS) is 1. The van der Waals surface area contributed by atoms with Gasteiger partial charge in [-0.25, -0.2) is 4.79 Å². The fraction of sp³-hybridized carbons (Fsp3) is 0.235. The van der Waals surface area contributed by atoms with Crippen molar-refractivity contribution in [3.05, 3.63) is 65.2 Å². The van der Waals surface area contributed by atoms with Gasteiger partial charge < -0.3 is 20.8 Å². The van der Waals surface area contributed by atoms with Crippen LogP contribution in [0.3, 0.4) is 0 Å². The second-order valence-electron chi connectivity index (χ2n) is 5.40. The Kier molecular flexibility index (Phi) is 3.98. The quantitative estimate of drug-likeness (QED) is 0.699. The predicted molar refractivity (Wildman–Crippen MR) is 83.8 cm³/mol. The van der Waals surface area contributed by atoms with E-state index in [4.69, 9.17) is 5.11 Å². The molecule has 1 aliphatic carbocycles. The maximum atomic E-state index is 11.0. The lowest BCUT2D eigenvalue weighted by molar-refractivity contribution is 0.189. The van der Waals surface area contributed by atoms with E-state index < -0.39 is 6.09 Å². The lowest BCUT2D eigenvalue weighted by atomic mass is 10.1. The van der Waals surface area contributed by atoms with Crippen molar-refractivity contribution in [2.45, 2.75) is 25.1 Å². The lowest BCUT2D eigenvalue weighted by Crippen LogP contribution is -2.39. The molecule has 2 aromatic carbocycles. The topological polar surface area (TPSA) is 81.6 Å². The number of hydrogen-bond donors (Lipinski definition) is 4. The molecule has 0 unspecified atom stereocenters. The summed E-state index contributed by atoms with van der Waals surface area (Å²) in [6.07, 6.45) is -0.374. The minimum Gasteiger partial charge on any atom is -0.465 e. The molecule has 0 fully saturated rings. The first-order valence-electron chi connectivity index (χ1n) is 7.21. The third-order valence-electron chi connectivity index (χ3n) is 4.04. The number of hydrogen-bond acceptors (Lipinski definition) is 3. The van der Waals surface area contributed by atoms with Gasteiger partial charge in [0.15, 0.2) is 0 Å². The molecule has 5 nitrogen and oxygen atoms in total. The molecule has 2 aromatic rings. The van der Waals surface area contributed by atoms with Crippen molar-refractivity contribution < 1.29 is 15.0 Å². The first kappa shape index (κ1) is 14.4. The van der Waals surface area contributed by atoms with Gasteiger partial charge in [-0.3, -0.25) is 0 Å². The minimum atomic E-state index is -1.03. The van der Waals surface area contributed by atoms with Gasteiger partial charge in [-0.05, 0) is 23.6 Å². The maximum absolute atomic E-state index is 11.0. The fourth-order valence-corrected chi connectivity index (χ4v) is 3.03. The number of para-hydroxylation sites is 1. The van der Waals surface area contributed by atoms with E-state index in [1.807, 2.05) is 48.5 Å². The van der Waals surface area contributed by atoms with E-state index in [0.717, 1.165) is 22.4 Å². The first-order chi connectivity index (χ1) is 10.7. The average Bonchev–Trinajstić information content (AvgIpc) is 2.85. The number of rotatable bonds is 4. The highest BCUT2D eigenvalue weighted by Gasteiger charge is 2.33. The van der Waals surface area contributed by atoms with Gasteiger partial charge in [-0.15, -0.1) is 0 Å². The van der Waals surface area contributed by atoms with E-state index in [1.54, 1.807) is 0 Å². The van der Waals surface area contributed by atoms with Gasteiger partial charge >= 0.3 is 6.09 Å². The van der Waals surface area contributed by atoms with E-state index >= 15 is 0 Å². The molecular weight excluding hydrogens is 280 g/mol. The molecule has 0 radical (unpaired) electrons. The normalized spacial score (nSPS) is 19.5. The van der Waals surface area contributed by atoms with Crippen LogP contribution in [0.1, 0.15) is 22.7 Å². The molecule has 5 heteroatoms. The third-order valence-corrected chi connectivity index (χ3v) is 4.04. The summed E-state index contributed by atoms with van der Waals surface area (Å²) in [6.45, 7) is -0.0609. The summed E-state index contributed by atoms with van der Waals surface area (Å²) in [5.74, 6) is 0. The summed E-state index contributed by atoms with van der Waals surface area (Å²) in [5, 5.41) is 24.5. The van der Waals surface area contributed by atoms with Gasteiger partial charge in [0.25, 0.3) is 0 Å². The molecule has 0 aromatic heterocycles. The van der Waals surface area contributed by atoms with Crippen LogP contribution in [-0.2, 0) is 13.0 Å². The number of benzene rings is 2. The number of amides is 1. The van der Waals surface area contributed by atoms with E-state index in [0.29, 0.717) is 6.42 Å². The molecule has 0 bridgehead atoms. The molecule has 0 saturated carbocycles. The van der Waals surface area contributed by atoms with Crippen LogP contribution in [-0.4, -0.2) is 22.3 Å². The third kappa shape index (κ3) is 2.76. The molecule has 114 valence electrons. The first-order valence-corrected chi connectivity index (χ1v) is 7.21. The zero-order chi connectivity index (χ0) is 15.5. The smallest absolute Gasteiger partial charge is 0.404 e. The summed E-state index contributed by atoms with van der Waals surface area (Å²) in [6, 6.07) is 15.1. The van der Waals surface area contributed by atoms with E-state index in [2.05, 4.69) is 10.6 Å². The van der Waals surface area contributed by atoms with Gasteiger partial charge in [0, 0.05) is 11.3 Å². The molecule has 1 aliphatic rings. The summed E-state index contributed by atoms with van der Waals surface area (Å²) in [5.41, 5.74) is 3.85.